The molecule has 90 valence electrons. The molecule has 0 saturated heterocycles. The number of thioether (sulfide) groups is 1. The van der Waals surface area contributed by atoms with E-state index in [1.807, 2.05) is 0 Å². The van der Waals surface area contributed by atoms with Gasteiger partial charge in [-0.15, -0.1) is 10.2 Å². The van der Waals surface area contributed by atoms with Crippen LogP contribution in [0.5, 0.6) is 0 Å². The summed E-state index contributed by atoms with van der Waals surface area (Å²) >= 11 is 6.99. The highest BCUT2D eigenvalue weighted by Crippen LogP contribution is 2.24. The largest absolute Gasteiger partial charge is 0.481 e. The van der Waals surface area contributed by atoms with Crippen LogP contribution in [-0.4, -0.2) is 41.8 Å². The third-order valence-corrected chi connectivity index (χ3v) is 2.93. The summed E-state index contributed by atoms with van der Waals surface area (Å²) in [6, 6.07) is 0. The first-order chi connectivity index (χ1) is 8.06. The number of carbonyl (C=O) groups is 1. The van der Waals surface area contributed by atoms with E-state index in [1.54, 1.807) is 17.9 Å². The molecule has 2 aromatic rings. The van der Waals surface area contributed by atoms with E-state index in [1.165, 1.54) is 0 Å². The third-order valence-electron chi connectivity index (χ3n) is 1.81. The Labute approximate surface area is 105 Å². The van der Waals surface area contributed by atoms with Crippen LogP contribution in [0, 0.1) is 0 Å². The monoisotopic (exact) mass is 273 g/mol. The van der Waals surface area contributed by atoms with E-state index in [4.69, 9.17) is 16.7 Å². The van der Waals surface area contributed by atoms with Crippen LogP contribution in [-0.2, 0) is 11.8 Å². The molecule has 9 heteroatoms. The first kappa shape index (κ1) is 11.9. The van der Waals surface area contributed by atoms with Crippen molar-refractivity contribution in [1.82, 2.24) is 25.0 Å². The van der Waals surface area contributed by atoms with E-state index in [0.29, 0.717) is 21.7 Å². The Kier molecular flexibility index (Phi) is 3.34. The van der Waals surface area contributed by atoms with Gasteiger partial charge in [-0.1, -0.05) is 23.4 Å². The molecule has 2 heterocycles. The maximum atomic E-state index is 10.4. The van der Waals surface area contributed by atoms with Crippen LogP contribution >= 0.6 is 23.4 Å². The van der Waals surface area contributed by atoms with E-state index in [0.717, 1.165) is 11.8 Å². The molecule has 0 bridgehead atoms. The summed E-state index contributed by atoms with van der Waals surface area (Å²) in [6.45, 7) is 0. The van der Waals surface area contributed by atoms with Crippen molar-refractivity contribution in [1.29, 1.82) is 0 Å². The van der Waals surface area contributed by atoms with Crippen LogP contribution < -0.4 is 0 Å². The molecule has 7 nitrogen and oxygen atoms in total. The minimum absolute atomic E-state index is 0.0788. The fourth-order valence-electron chi connectivity index (χ4n) is 1.17. The summed E-state index contributed by atoms with van der Waals surface area (Å²) in [6.07, 6.45) is 1.64. The van der Waals surface area contributed by atoms with Crippen molar-refractivity contribution in [3.05, 3.63) is 11.2 Å². The maximum Gasteiger partial charge on any atom is 0.313 e. The van der Waals surface area contributed by atoms with Crippen molar-refractivity contribution < 1.29 is 9.90 Å². The van der Waals surface area contributed by atoms with Crippen LogP contribution in [0.4, 0.5) is 0 Å². The number of nitrogens with zero attached hydrogens (tertiary/aromatic N) is 4. The molecule has 2 rings (SSSR count). The number of carboxylic acid groups (broad SMARTS) is 1. The van der Waals surface area contributed by atoms with E-state index in [9.17, 15) is 4.79 Å². The number of aromatic amines is 1. The van der Waals surface area contributed by atoms with Gasteiger partial charge in [0.1, 0.15) is 5.69 Å². The van der Waals surface area contributed by atoms with Gasteiger partial charge >= 0.3 is 5.97 Å². The van der Waals surface area contributed by atoms with Crippen LogP contribution in [0.25, 0.3) is 11.5 Å². The highest BCUT2D eigenvalue weighted by molar-refractivity contribution is 7.99. The number of aryl methyl sites for hydroxylation is 1. The lowest BCUT2D eigenvalue weighted by Crippen LogP contribution is -1.97. The van der Waals surface area contributed by atoms with Gasteiger partial charge in [0.05, 0.1) is 10.8 Å². The number of aromatic nitrogens is 5. The molecule has 0 aromatic carbocycles. The SMILES string of the molecule is Cn1cc(Cl)c(-c2nnc(SCC(=O)O)[nH]2)n1. The summed E-state index contributed by atoms with van der Waals surface area (Å²) in [5.74, 6) is -0.572. The topological polar surface area (TPSA) is 96.7 Å². The summed E-state index contributed by atoms with van der Waals surface area (Å²) in [5, 5.41) is 21.2. The quantitative estimate of drug-likeness (QED) is 0.808. The highest BCUT2D eigenvalue weighted by Gasteiger charge is 2.13. The normalized spacial score (nSPS) is 10.7. The number of hydrogen-bond acceptors (Lipinski definition) is 5. The highest BCUT2D eigenvalue weighted by atomic mass is 35.5. The Morgan fingerprint density at radius 3 is 3.00 bits per heavy atom. The number of carboxylic acids is 1. The lowest BCUT2D eigenvalue weighted by molar-refractivity contribution is -0.133. The van der Waals surface area contributed by atoms with Crippen LogP contribution in [0.3, 0.4) is 0 Å². The summed E-state index contributed by atoms with van der Waals surface area (Å²) in [5.41, 5.74) is 0.490. The summed E-state index contributed by atoms with van der Waals surface area (Å²) in [4.78, 5) is 13.2. The predicted octanol–water partition coefficient (Wildman–Crippen LogP) is 1.04. The maximum absolute atomic E-state index is 10.4. The van der Waals surface area contributed by atoms with Crippen molar-refractivity contribution in [2.45, 2.75) is 5.16 Å². The molecule has 0 saturated carbocycles. The Balaban J connectivity index is 2.18. The Morgan fingerprint density at radius 2 is 2.41 bits per heavy atom. The second-order valence-corrected chi connectivity index (χ2v) is 4.53. The van der Waals surface area contributed by atoms with E-state index in [-0.39, 0.29) is 5.75 Å². The molecule has 0 aliphatic carbocycles. The molecular formula is C8H8ClN5O2S. The molecule has 2 aromatic heterocycles. The van der Waals surface area contributed by atoms with Gasteiger partial charge in [0.2, 0.25) is 0 Å². The van der Waals surface area contributed by atoms with Gasteiger partial charge in [0.25, 0.3) is 0 Å². The molecule has 2 N–H and O–H groups in total. The van der Waals surface area contributed by atoms with E-state index >= 15 is 0 Å². The number of halogens is 1. The fourth-order valence-corrected chi connectivity index (χ4v) is 1.96. The predicted molar refractivity (Wildman–Crippen MR) is 62.0 cm³/mol. The molecule has 0 spiro atoms. The molecular weight excluding hydrogens is 266 g/mol. The van der Waals surface area contributed by atoms with Crippen molar-refractivity contribution >= 4 is 29.3 Å². The van der Waals surface area contributed by atoms with Gasteiger partial charge < -0.3 is 10.1 Å². The molecule has 0 aliphatic heterocycles. The number of rotatable bonds is 4. The zero-order chi connectivity index (χ0) is 12.4. The Bertz CT molecular complexity index is 552. The molecule has 0 radical (unpaired) electrons. The minimum atomic E-state index is -0.913. The van der Waals surface area contributed by atoms with Crippen molar-refractivity contribution in [3.8, 4) is 11.5 Å². The van der Waals surface area contributed by atoms with Crippen LogP contribution in [0.15, 0.2) is 11.4 Å². The molecule has 0 fully saturated rings. The lowest BCUT2D eigenvalue weighted by Gasteiger charge is -1.91. The molecule has 17 heavy (non-hydrogen) atoms. The van der Waals surface area contributed by atoms with E-state index in [2.05, 4.69) is 20.3 Å². The van der Waals surface area contributed by atoms with Crippen molar-refractivity contribution in [3.63, 3.8) is 0 Å². The first-order valence-corrected chi connectivity index (χ1v) is 5.89. The second-order valence-electron chi connectivity index (χ2n) is 3.16. The average molecular weight is 274 g/mol. The van der Waals surface area contributed by atoms with Gasteiger partial charge in [0, 0.05) is 13.2 Å². The Morgan fingerprint density at radius 1 is 1.65 bits per heavy atom. The number of hydrogen-bond donors (Lipinski definition) is 2. The van der Waals surface area contributed by atoms with Gasteiger partial charge in [0.15, 0.2) is 11.0 Å². The standard InChI is InChI=1S/C8H8ClN5O2S/c1-14-2-4(9)6(13-14)7-10-8(12-11-7)17-3-5(15)16/h2H,3H2,1H3,(H,15,16)(H,10,11,12). The molecule has 0 aliphatic rings. The van der Waals surface area contributed by atoms with Crippen LogP contribution in [0.1, 0.15) is 0 Å². The van der Waals surface area contributed by atoms with Gasteiger partial charge in [-0.05, 0) is 0 Å². The number of aliphatic carboxylic acids is 1. The van der Waals surface area contributed by atoms with Gasteiger partial charge in [-0.3, -0.25) is 9.48 Å². The molecule has 0 amide bonds. The van der Waals surface area contributed by atoms with Crippen molar-refractivity contribution in [2.24, 2.45) is 7.05 Å². The Hall–Kier alpha value is -1.54. The van der Waals surface area contributed by atoms with Crippen LogP contribution in [0.2, 0.25) is 5.02 Å². The molecule has 0 atom stereocenters. The fraction of sp³-hybridized carbons (Fsp3) is 0.250. The second kappa shape index (κ2) is 4.76. The van der Waals surface area contributed by atoms with Gasteiger partial charge in [-0.2, -0.15) is 5.10 Å². The summed E-state index contributed by atoms with van der Waals surface area (Å²) < 4.78 is 1.56. The third kappa shape index (κ3) is 2.77. The molecule has 0 unspecified atom stereocenters. The zero-order valence-electron chi connectivity index (χ0n) is 8.71. The number of H-pyrrole nitrogens is 1. The minimum Gasteiger partial charge on any atom is -0.481 e. The van der Waals surface area contributed by atoms with E-state index < -0.39 is 5.97 Å². The zero-order valence-corrected chi connectivity index (χ0v) is 10.3. The number of nitrogens with one attached hydrogen (secondary N) is 1. The smallest absolute Gasteiger partial charge is 0.313 e. The average Bonchev–Trinajstić information content (AvgIpc) is 2.82. The summed E-state index contributed by atoms with van der Waals surface area (Å²) in [7, 11) is 1.74. The van der Waals surface area contributed by atoms with Crippen molar-refractivity contribution in [2.75, 3.05) is 5.75 Å². The van der Waals surface area contributed by atoms with Gasteiger partial charge in [-0.25, -0.2) is 0 Å². The first-order valence-electron chi connectivity index (χ1n) is 4.53. The lowest BCUT2D eigenvalue weighted by atomic mass is 10.4.